The van der Waals surface area contributed by atoms with Gasteiger partial charge in [0.25, 0.3) is 0 Å². The molecule has 0 aliphatic carbocycles. The Bertz CT molecular complexity index is 478. The molecule has 0 bridgehead atoms. The van der Waals surface area contributed by atoms with E-state index in [1.165, 1.54) is 0 Å². The van der Waals surface area contributed by atoms with Gasteiger partial charge in [-0.25, -0.2) is 9.78 Å². The molecule has 0 aliphatic rings. The van der Waals surface area contributed by atoms with Crippen molar-refractivity contribution in [3.05, 3.63) is 83.9 Å². The first-order chi connectivity index (χ1) is 9.95. The lowest BCUT2D eigenvalue weighted by molar-refractivity contribution is -0.277. The highest BCUT2D eigenvalue weighted by atomic mass is 17.2. The van der Waals surface area contributed by atoms with Crippen LogP contribution in [0.25, 0.3) is 12.2 Å². The van der Waals surface area contributed by atoms with Crippen LogP contribution in [0.4, 0.5) is 0 Å². The molecule has 0 saturated carbocycles. The quantitative estimate of drug-likeness (QED) is 0.421. The van der Waals surface area contributed by atoms with Crippen molar-refractivity contribution in [1.29, 1.82) is 0 Å². The summed E-state index contributed by atoms with van der Waals surface area (Å²) in [6.07, 6.45) is 7.86. The molecular formula is C18H18O2. The number of benzene rings is 2. The van der Waals surface area contributed by atoms with Gasteiger partial charge in [0, 0.05) is 0 Å². The summed E-state index contributed by atoms with van der Waals surface area (Å²) >= 11 is 0. The van der Waals surface area contributed by atoms with E-state index < -0.39 is 0 Å². The highest BCUT2D eigenvalue weighted by Crippen LogP contribution is 2.01. The molecule has 102 valence electrons. The average molecular weight is 266 g/mol. The van der Waals surface area contributed by atoms with Crippen LogP contribution in [-0.4, -0.2) is 13.2 Å². The van der Waals surface area contributed by atoms with Crippen molar-refractivity contribution in [2.45, 2.75) is 0 Å². The lowest BCUT2D eigenvalue weighted by Gasteiger charge is -1.98. The predicted molar refractivity (Wildman–Crippen MR) is 82.9 cm³/mol. The van der Waals surface area contributed by atoms with Gasteiger partial charge in [0.2, 0.25) is 0 Å². The Hall–Kier alpha value is -2.16. The van der Waals surface area contributed by atoms with E-state index in [1.54, 1.807) is 0 Å². The summed E-state index contributed by atoms with van der Waals surface area (Å²) in [6, 6.07) is 20.2. The zero-order valence-corrected chi connectivity index (χ0v) is 11.3. The van der Waals surface area contributed by atoms with E-state index in [0.717, 1.165) is 11.1 Å². The molecule has 20 heavy (non-hydrogen) atoms. The summed E-state index contributed by atoms with van der Waals surface area (Å²) in [5, 5.41) is 0. The van der Waals surface area contributed by atoms with Crippen LogP contribution in [0.15, 0.2) is 72.8 Å². The van der Waals surface area contributed by atoms with Crippen molar-refractivity contribution in [1.82, 2.24) is 0 Å². The van der Waals surface area contributed by atoms with Gasteiger partial charge in [0.15, 0.2) is 0 Å². The minimum atomic E-state index is 0.439. The molecular weight excluding hydrogens is 248 g/mol. The Morgan fingerprint density at radius 3 is 1.40 bits per heavy atom. The summed E-state index contributed by atoms with van der Waals surface area (Å²) in [5.74, 6) is 0. The van der Waals surface area contributed by atoms with Crippen LogP contribution < -0.4 is 0 Å². The Morgan fingerprint density at radius 1 is 0.600 bits per heavy atom. The number of rotatable bonds is 7. The van der Waals surface area contributed by atoms with Gasteiger partial charge in [-0.05, 0) is 11.1 Å². The van der Waals surface area contributed by atoms with Gasteiger partial charge in [-0.3, -0.25) is 0 Å². The molecule has 0 atom stereocenters. The van der Waals surface area contributed by atoms with Crippen LogP contribution in [0.5, 0.6) is 0 Å². The fourth-order valence-electron chi connectivity index (χ4n) is 1.67. The maximum atomic E-state index is 5.06. The first-order valence-electron chi connectivity index (χ1n) is 6.63. The molecule has 0 spiro atoms. The molecule has 0 aliphatic heterocycles. The molecule has 2 rings (SSSR count). The summed E-state index contributed by atoms with van der Waals surface area (Å²) in [7, 11) is 0. The van der Waals surface area contributed by atoms with Crippen LogP contribution in [0.3, 0.4) is 0 Å². The number of hydrogen-bond acceptors (Lipinski definition) is 2. The van der Waals surface area contributed by atoms with E-state index in [1.807, 2.05) is 85.0 Å². The molecule has 0 N–H and O–H groups in total. The van der Waals surface area contributed by atoms with E-state index >= 15 is 0 Å². The second-order valence-electron chi connectivity index (χ2n) is 4.20. The van der Waals surface area contributed by atoms with Gasteiger partial charge in [-0.1, -0.05) is 85.0 Å². The Balaban J connectivity index is 1.58. The Morgan fingerprint density at radius 2 is 1.00 bits per heavy atom. The van der Waals surface area contributed by atoms with E-state index in [9.17, 15) is 0 Å². The largest absolute Gasteiger partial charge is 0.232 e. The third-order valence-corrected chi connectivity index (χ3v) is 2.63. The molecule has 2 heteroatoms. The van der Waals surface area contributed by atoms with Crippen LogP contribution in [0.2, 0.25) is 0 Å². The zero-order chi connectivity index (χ0) is 13.9. The highest BCUT2D eigenvalue weighted by molar-refractivity contribution is 5.49. The van der Waals surface area contributed by atoms with Crippen molar-refractivity contribution in [2.24, 2.45) is 0 Å². The lowest BCUT2D eigenvalue weighted by Crippen LogP contribution is -1.93. The molecule has 0 fully saturated rings. The first-order valence-corrected chi connectivity index (χ1v) is 6.63. The predicted octanol–water partition coefficient (Wildman–Crippen LogP) is 4.36. The van der Waals surface area contributed by atoms with E-state index in [0.29, 0.717) is 13.2 Å². The van der Waals surface area contributed by atoms with Gasteiger partial charge in [-0.2, -0.15) is 0 Å². The van der Waals surface area contributed by atoms with Crippen LogP contribution >= 0.6 is 0 Å². The molecule has 2 aromatic rings. The molecule has 0 unspecified atom stereocenters. The molecule has 0 amide bonds. The topological polar surface area (TPSA) is 18.5 Å². The molecule has 0 heterocycles. The van der Waals surface area contributed by atoms with E-state index in [2.05, 4.69) is 0 Å². The number of hydrogen-bond donors (Lipinski definition) is 0. The minimum Gasteiger partial charge on any atom is -0.232 e. The lowest BCUT2D eigenvalue weighted by atomic mass is 10.2. The molecule has 2 nitrogen and oxygen atoms in total. The van der Waals surface area contributed by atoms with Crippen molar-refractivity contribution < 1.29 is 9.78 Å². The molecule has 2 aromatic carbocycles. The van der Waals surface area contributed by atoms with E-state index in [4.69, 9.17) is 9.78 Å². The molecule has 0 saturated heterocycles. The van der Waals surface area contributed by atoms with Crippen molar-refractivity contribution in [3.8, 4) is 0 Å². The summed E-state index contributed by atoms with van der Waals surface area (Å²) in [5.41, 5.74) is 2.31. The summed E-state index contributed by atoms with van der Waals surface area (Å²) < 4.78 is 0. The van der Waals surface area contributed by atoms with Crippen molar-refractivity contribution in [3.63, 3.8) is 0 Å². The maximum Gasteiger partial charge on any atom is 0.101 e. The van der Waals surface area contributed by atoms with E-state index in [-0.39, 0.29) is 0 Å². The average Bonchev–Trinajstić information content (AvgIpc) is 2.52. The second kappa shape index (κ2) is 8.86. The van der Waals surface area contributed by atoms with Gasteiger partial charge in [0.05, 0.1) is 0 Å². The fourth-order valence-corrected chi connectivity index (χ4v) is 1.67. The third kappa shape index (κ3) is 5.65. The summed E-state index contributed by atoms with van der Waals surface area (Å²) in [6.45, 7) is 0.877. The van der Waals surface area contributed by atoms with Crippen LogP contribution in [-0.2, 0) is 9.78 Å². The van der Waals surface area contributed by atoms with Crippen molar-refractivity contribution in [2.75, 3.05) is 13.2 Å². The van der Waals surface area contributed by atoms with Gasteiger partial charge >= 0.3 is 0 Å². The van der Waals surface area contributed by atoms with Crippen molar-refractivity contribution >= 4 is 12.2 Å². The van der Waals surface area contributed by atoms with Crippen LogP contribution in [0, 0.1) is 0 Å². The SMILES string of the molecule is C(=C\c1ccccc1)/COOC/C=C/c1ccccc1. The molecule has 0 radical (unpaired) electrons. The van der Waals surface area contributed by atoms with Gasteiger partial charge in [-0.15, -0.1) is 0 Å². The smallest absolute Gasteiger partial charge is 0.101 e. The Kier molecular flexibility index (Phi) is 6.31. The highest BCUT2D eigenvalue weighted by Gasteiger charge is 1.86. The maximum absolute atomic E-state index is 5.06. The van der Waals surface area contributed by atoms with Gasteiger partial charge in [0.1, 0.15) is 13.2 Å². The first kappa shape index (κ1) is 14.3. The van der Waals surface area contributed by atoms with Crippen LogP contribution in [0.1, 0.15) is 11.1 Å². The standard InChI is InChI=1S/C18H18O2/c1-3-9-17(10-4-1)13-7-15-19-20-16-8-14-18-11-5-2-6-12-18/h1-14H,15-16H2/b13-7+,14-8+. The van der Waals surface area contributed by atoms with Gasteiger partial charge < -0.3 is 0 Å². The Labute approximate surface area is 119 Å². The minimum absolute atomic E-state index is 0.439. The molecule has 0 aromatic heterocycles. The summed E-state index contributed by atoms with van der Waals surface area (Å²) in [4.78, 5) is 10.1. The third-order valence-electron chi connectivity index (χ3n) is 2.63. The second-order valence-corrected chi connectivity index (χ2v) is 4.20. The monoisotopic (exact) mass is 266 g/mol. The normalized spacial score (nSPS) is 11.4. The zero-order valence-electron chi connectivity index (χ0n) is 11.3. The fraction of sp³-hybridized carbons (Fsp3) is 0.111.